The Balaban J connectivity index is 2.18. The minimum Gasteiger partial charge on any atom is -0.491 e. The van der Waals surface area contributed by atoms with Crippen LogP contribution in [0.25, 0.3) is 0 Å². The number of aliphatic hydroxyl groups is 1. The SMILES string of the molecule is C=CCOC(=O)/C=C(\C)C[C@@H](OC(=O)Nc1ccc(F)cc1F)c1ccc(OCCO)cc1. The summed E-state index contributed by atoms with van der Waals surface area (Å²) in [6.07, 6.45) is 1.04. The third kappa shape index (κ3) is 8.74. The highest BCUT2D eigenvalue weighted by molar-refractivity contribution is 5.85. The second kappa shape index (κ2) is 13.0. The third-order valence-corrected chi connectivity index (χ3v) is 4.24. The average molecular weight is 461 g/mol. The number of rotatable bonds is 11. The van der Waals surface area contributed by atoms with Crippen LogP contribution in [0.3, 0.4) is 0 Å². The van der Waals surface area contributed by atoms with E-state index in [1.807, 2.05) is 0 Å². The summed E-state index contributed by atoms with van der Waals surface area (Å²) >= 11 is 0. The largest absolute Gasteiger partial charge is 0.491 e. The van der Waals surface area contributed by atoms with E-state index in [1.54, 1.807) is 31.2 Å². The number of carbonyl (C=O) groups excluding carboxylic acids is 2. The summed E-state index contributed by atoms with van der Waals surface area (Å²) in [4.78, 5) is 24.2. The Morgan fingerprint density at radius 2 is 1.91 bits per heavy atom. The summed E-state index contributed by atoms with van der Waals surface area (Å²) < 4.78 is 42.7. The normalized spacial score (nSPS) is 11.9. The van der Waals surface area contributed by atoms with Crippen LogP contribution in [0.1, 0.15) is 25.0 Å². The zero-order valence-corrected chi connectivity index (χ0v) is 18.1. The van der Waals surface area contributed by atoms with Gasteiger partial charge in [0, 0.05) is 18.6 Å². The molecular formula is C24H25F2NO6. The smallest absolute Gasteiger partial charge is 0.412 e. The fraction of sp³-hybridized carbons (Fsp3) is 0.250. The molecule has 7 nitrogen and oxygen atoms in total. The molecule has 0 fully saturated rings. The van der Waals surface area contributed by atoms with E-state index in [1.165, 1.54) is 12.2 Å². The average Bonchev–Trinajstić information content (AvgIpc) is 2.78. The number of amides is 1. The van der Waals surface area contributed by atoms with Gasteiger partial charge in [0.2, 0.25) is 0 Å². The van der Waals surface area contributed by atoms with E-state index in [0.717, 1.165) is 12.1 Å². The van der Waals surface area contributed by atoms with Crippen LogP contribution in [0.2, 0.25) is 0 Å². The third-order valence-electron chi connectivity index (χ3n) is 4.24. The van der Waals surface area contributed by atoms with Crippen molar-refractivity contribution < 1.29 is 37.7 Å². The molecule has 176 valence electrons. The van der Waals surface area contributed by atoms with Gasteiger partial charge >= 0.3 is 12.1 Å². The molecule has 0 unspecified atom stereocenters. The number of hydrogen-bond donors (Lipinski definition) is 2. The molecule has 0 spiro atoms. The maximum atomic E-state index is 13.9. The molecule has 2 aromatic rings. The topological polar surface area (TPSA) is 94.1 Å². The van der Waals surface area contributed by atoms with Crippen LogP contribution in [0.4, 0.5) is 19.3 Å². The van der Waals surface area contributed by atoms with Crippen molar-refractivity contribution in [2.45, 2.75) is 19.4 Å². The van der Waals surface area contributed by atoms with Crippen molar-refractivity contribution in [1.82, 2.24) is 0 Å². The van der Waals surface area contributed by atoms with Crippen molar-refractivity contribution in [3.8, 4) is 5.75 Å². The highest BCUT2D eigenvalue weighted by atomic mass is 19.1. The molecular weight excluding hydrogens is 436 g/mol. The molecule has 0 aliphatic rings. The van der Waals surface area contributed by atoms with E-state index >= 15 is 0 Å². The van der Waals surface area contributed by atoms with Gasteiger partial charge in [0.05, 0.1) is 12.3 Å². The zero-order valence-electron chi connectivity index (χ0n) is 18.1. The van der Waals surface area contributed by atoms with Crippen LogP contribution < -0.4 is 10.1 Å². The maximum absolute atomic E-state index is 13.9. The van der Waals surface area contributed by atoms with Gasteiger partial charge in [-0.3, -0.25) is 5.32 Å². The van der Waals surface area contributed by atoms with Gasteiger partial charge in [-0.25, -0.2) is 18.4 Å². The molecule has 1 atom stereocenters. The van der Waals surface area contributed by atoms with Gasteiger partial charge in [0.15, 0.2) is 0 Å². The molecule has 0 heterocycles. The first-order valence-electron chi connectivity index (χ1n) is 10.0. The van der Waals surface area contributed by atoms with Gasteiger partial charge in [-0.2, -0.15) is 0 Å². The first-order valence-corrected chi connectivity index (χ1v) is 10.0. The second-order valence-electron chi connectivity index (χ2n) is 6.90. The summed E-state index contributed by atoms with van der Waals surface area (Å²) in [6.45, 7) is 5.18. The quantitative estimate of drug-likeness (QED) is 0.286. The van der Waals surface area contributed by atoms with Crippen LogP contribution in [-0.2, 0) is 14.3 Å². The minimum atomic E-state index is -0.965. The fourth-order valence-electron chi connectivity index (χ4n) is 2.76. The molecule has 0 aliphatic heterocycles. The molecule has 0 saturated carbocycles. The number of ether oxygens (including phenoxy) is 3. The predicted octanol–water partition coefficient (Wildman–Crippen LogP) is 4.69. The molecule has 1 amide bonds. The Morgan fingerprint density at radius 1 is 1.18 bits per heavy atom. The lowest BCUT2D eigenvalue weighted by Crippen LogP contribution is -2.19. The minimum absolute atomic E-state index is 0.0590. The highest BCUT2D eigenvalue weighted by Crippen LogP contribution is 2.28. The Bertz CT molecular complexity index is 991. The van der Waals surface area contributed by atoms with Gasteiger partial charge < -0.3 is 19.3 Å². The van der Waals surface area contributed by atoms with Crippen molar-refractivity contribution in [2.24, 2.45) is 0 Å². The monoisotopic (exact) mass is 461 g/mol. The van der Waals surface area contributed by atoms with E-state index in [2.05, 4.69) is 11.9 Å². The van der Waals surface area contributed by atoms with Gasteiger partial charge in [0.1, 0.15) is 36.7 Å². The van der Waals surface area contributed by atoms with Gasteiger partial charge in [-0.15, -0.1) is 0 Å². The predicted molar refractivity (Wildman–Crippen MR) is 118 cm³/mol. The molecule has 9 heteroatoms. The van der Waals surface area contributed by atoms with Gasteiger partial charge in [-0.05, 0) is 36.8 Å². The molecule has 0 aliphatic carbocycles. The standard InChI is InChI=1S/C24H25F2NO6/c1-3-11-32-23(29)14-16(2)13-22(17-4-7-19(8-5-17)31-12-10-28)33-24(30)27-21-9-6-18(25)15-20(21)26/h3-9,14-15,22,28H,1,10-13H2,2H3,(H,27,30)/b16-14+/t22-/m1/s1. The molecule has 33 heavy (non-hydrogen) atoms. The lowest BCUT2D eigenvalue weighted by atomic mass is 10.0. The molecule has 0 bridgehead atoms. The van der Waals surface area contributed by atoms with Crippen LogP contribution in [0.5, 0.6) is 5.75 Å². The fourth-order valence-corrected chi connectivity index (χ4v) is 2.76. The van der Waals surface area contributed by atoms with Crippen molar-refractivity contribution in [1.29, 1.82) is 0 Å². The van der Waals surface area contributed by atoms with Crippen molar-refractivity contribution in [2.75, 3.05) is 25.1 Å². The summed E-state index contributed by atoms with van der Waals surface area (Å²) in [7, 11) is 0. The number of halogens is 2. The van der Waals surface area contributed by atoms with Crippen molar-refractivity contribution >= 4 is 17.7 Å². The summed E-state index contributed by atoms with van der Waals surface area (Å²) in [5.74, 6) is -1.80. The molecule has 2 aromatic carbocycles. The van der Waals surface area contributed by atoms with E-state index in [-0.39, 0.29) is 31.9 Å². The van der Waals surface area contributed by atoms with Crippen molar-refractivity contribution in [3.63, 3.8) is 0 Å². The van der Waals surface area contributed by atoms with E-state index in [0.29, 0.717) is 23.0 Å². The first-order chi connectivity index (χ1) is 15.8. The van der Waals surface area contributed by atoms with Crippen LogP contribution in [0, 0.1) is 11.6 Å². The van der Waals surface area contributed by atoms with Gasteiger partial charge in [-0.1, -0.05) is 30.4 Å². The Morgan fingerprint density at radius 3 is 2.55 bits per heavy atom. The van der Waals surface area contributed by atoms with E-state index in [9.17, 15) is 18.4 Å². The Kier molecular flexibility index (Phi) is 10.0. The van der Waals surface area contributed by atoms with E-state index < -0.39 is 29.8 Å². The number of benzene rings is 2. The summed E-state index contributed by atoms with van der Waals surface area (Å²) in [5, 5.41) is 11.1. The van der Waals surface area contributed by atoms with Gasteiger partial charge in [0.25, 0.3) is 0 Å². The number of carbonyl (C=O) groups is 2. The van der Waals surface area contributed by atoms with Crippen LogP contribution in [-0.4, -0.2) is 37.0 Å². The number of nitrogens with one attached hydrogen (secondary N) is 1. The maximum Gasteiger partial charge on any atom is 0.412 e. The lowest BCUT2D eigenvalue weighted by Gasteiger charge is -2.20. The summed E-state index contributed by atoms with van der Waals surface area (Å²) in [5.41, 5.74) is 0.900. The molecule has 0 aromatic heterocycles. The number of aliphatic hydroxyl groups excluding tert-OH is 1. The summed E-state index contributed by atoms with van der Waals surface area (Å²) in [6, 6.07) is 9.31. The Hall–Kier alpha value is -3.72. The molecule has 2 rings (SSSR count). The first kappa shape index (κ1) is 25.5. The Labute approximate surface area is 190 Å². The highest BCUT2D eigenvalue weighted by Gasteiger charge is 2.19. The number of hydrogen-bond acceptors (Lipinski definition) is 6. The number of anilines is 1. The molecule has 0 radical (unpaired) electrons. The lowest BCUT2D eigenvalue weighted by molar-refractivity contribution is -0.136. The molecule has 2 N–H and O–H groups in total. The second-order valence-corrected chi connectivity index (χ2v) is 6.90. The van der Waals surface area contributed by atoms with Crippen LogP contribution in [0.15, 0.2) is 66.8 Å². The van der Waals surface area contributed by atoms with Crippen molar-refractivity contribution in [3.05, 3.63) is 84.0 Å². The molecule has 0 saturated heterocycles. The van der Waals surface area contributed by atoms with E-state index in [4.69, 9.17) is 19.3 Å². The zero-order chi connectivity index (χ0) is 24.2. The number of esters is 1. The van der Waals surface area contributed by atoms with Crippen LogP contribution >= 0.6 is 0 Å².